The molecule has 0 aromatic heterocycles. The van der Waals surface area contributed by atoms with Gasteiger partial charge >= 0.3 is 6.09 Å². The Morgan fingerprint density at radius 3 is 2.71 bits per heavy atom. The first-order valence-corrected chi connectivity index (χ1v) is 8.04. The molecule has 24 heavy (non-hydrogen) atoms. The number of carbonyl (C=O) groups excluding carboxylic acids is 1. The first-order valence-electron chi connectivity index (χ1n) is 8.04. The van der Waals surface area contributed by atoms with E-state index < -0.39 is 0 Å². The third-order valence-electron chi connectivity index (χ3n) is 3.92. The Morgan fingerprint density at radius 1 is 1.17 bits per heavy atom. The number of nitrogens with zero attached hydrogens (tertiary/aromatic N) is 2. The van der Waals surface area contributed by atoms with E-state index in [1.165, 1.54) is 0 Å². The van der Waals surface area contributed by atoms with Crippen LogP contribution in [0.5, 0.6) is 5.75 Å². The van der Waals surface area contributed by atoms with Crippen molar-refractivity contribution in [2.45, 2.75) is 6.10 Å². The highest BCUT2D eigenvalue weighted by Gasteiger charge is 2.33. The summed E-state index contributed by atoms with van der Waals surface area (Å²) in [4.78, 5) is 15.9. The smallest absolute Gasteiger partial charge is 0.415 e. The number of rotatable bonds is 6. The lowest BCUT2D eigenvalue weighted by molar-refractivity contribution is 0.142. The van der Waals surface area contributed by atoms with Crippen LogP contribution in [0.4, 0.5) is 10.5 Å². The van der Waals surface area contributed by atoms with Crippen LogP contribution in [0.2, 0.25) is 0 Å². The molecule has 0 spiro atoms. The van der Waals surface area contributed by atoms with Crippen molar-refractivity contribution in [3.8, 4) is 5.75 Å². The summed E-state index contributed by atoms with van der Waals surface area (Å²) in [5.41, 5.74) is 1.80. The maximum Gasteiger partial charge on any atom is 0.415 e. The molecule has 0 saturated carbocycles. The van der Waals surface area contributed by atoms with Crippen molar-refractivity contribution in [1.82, 2.24) is 4.90 Å². The predicted octanol–water partition coefficient (Wildman–Crippen LogP) is 3.32. The third-order valence-corrected chi connectivity index (χ3v) is 3.92. The lowest BCUT2D eigenvalue weighted by atomic mass is 10.1. The number of ether oxygens (including phenoxy) is 2. The van der Waals surface area contributed by atoms with Crippen LogP contribution in [0, 0.1) is 0 Å². The summed E-state index contributed by atoms with van der Waals surface area (Å²) in [5, 5.41) is 0. The molecular weight excluding hydrogens is 304 g/mol. The summed E-state index contributed by atoms with van der Waals surface area (Å²) >= 11 is 0. The van der Waals surface area contributed by atoms with Gasteiger partial charge in [-0.2, -0.15) is 0 Å². The van der Waals surface area contributed by atoms with Crippen molar-refractivity contribution in [2.75, 3.05) is 38.7 Å². The number of hydrogen-bond donors (Lipinski definition) is 0. The average Bonchev–Trinajstić information content (AvgIpc) is 2.97. The highest BCUT2D eigenvalue weighted by Crippen LogP contribution is 2.31. The molecule has 0 radical (unpaired) electrons. The van der Waals surface area contributed by atoms with Crippen LogP contribution in [0.25, 0.3) is 0 Å². The summed E-state index contributed by atoms with van der Waals surface area (Å²) in [6.45, 7) is 1.95. The molecule has 3 rings (SSSR count). The zero-order valence-corrected chi connectivity index (χ0v) is 14.0. The van der Waals surface area contributed by atoms with Crippen LogP contribution in [0.3, 0.4) is 0 Å². The van der Waals surface area contributed by atoms with E-state index in [1.54, 1.807) is 4.90 Å². The van der Waals surface area contributed by atoms with E-state index in [0.29, 0.717) is 13.2 Å². The number of hydrogen-bond acceptors (Lipinski definition) is 4. The topological polar surface area (TPSA) is 42.0 Å². The first-order chi connectivity index (χ1) is 11.6. The highest BCUT2D eigenvalue weighted by molar-refractivity contribution is 5.90. The lowest BCUT2D eigenvalue weighted by Crippen LogP contribution is -2.23. The molecule has 1 unspecified atom stereocenters. The molecule has 126 valence electrons. The number of cyclic esters (lactones) is 1. The minimum atomic E-state index is -0.325. The molecule has 1 aliphatic rings. The molecule has 1 aliphatic heterocycles. The molecule has 1 atom stereocenters. The van der Waals surface area contributed by atoms with Gasteiger partial charge in [0.25, 0.3) is 0 Å². The number of carbonyl (C=O) groups is 1. The van der Waals surface area contributed by atoms with Gasteiger partial charge in [-0.1, -0.05) is 36.4 Å². The Morgan fingerprint density at radius 2 is 1.96 bits per heavy atom. The minimum absolute atomic E-state index is 0.239. The van der Waals surface area contributed by atoms with Gasteiger partial charge in [0.1, 0.15) is 18.5 Å². The first kappa shape index (κ1) is 16.3. The molecule has 1 fully saturated rings. The molecular formula is C19H22N2O3. The number of anilines is 1. The fourth-order valence-corrected chi connectivity index (χ4v) is 2.60. The maximum atomic E-state index is 12.2. The molecule has 5 nitrogen and oxygen atoms in total. The van der Waals surface area contributed by atoms with Crippen molar-refractivity contribution >= 4 is 11.8 Å². The Bertz CT molecular complexity index is 688. The molecule has 2 aromatic rings. The molecule has 2 aromatic carbocycles. The molecule has 0 N–H and O–H groups in total. The van der Waals surface area contributed by atoms with Crippen LogP contribution in [0.15, 0.2) is 54.6 Å². The minimum Gasteiger partial charge on any atom is -0.492 e. The quantitative estimate of drug-likeness (QED) is 0.816. The van der Waals surface area contributed by atoms with Crippen LogP contribution >= 0.6 is 0 Å². The summed E-state index contributed by atoms with van der Waals surface area (Å²) in [5.74, 6) is 0.755. The lowest BCUT2D eigenvalue weighted by Gasteiger charge is -2.15. The molecule has 1 heterocycles. The Labute approximate surface area is 142 Å². The van der Waals surface area contributed by atoms with Gasteiger partial charge in [-0.25, -0.2) is 4.79 Å². The van der Waals surface area contributed by atoms with Gasteiger partial charge < -0.3 is 14.4 Å². The third kappa shape index (κ3) is 3.86. The monoisotopic (exact) mass is 326 g/mol. The average molecular weight is 326 g/mol. The van der Waals surface area contributed by atoms with Crippen LogP contribution in [-0.2, 0) is 4.74 Å². The van der Waals surface area contributed by atoms with Crippen molar-refractivity contribution in [3.05, 3.63) is 60.2 Å². The molecule has 1 saturated heterocycles. The highest BCUT2D eigenvalue weighted by atomic mass is 16.6. The predicted molar refractivity (Wildman–Crippen MR) is 93.5 cm³/mol. The zero-order valence-electron chi connectivity index (χ0n) is 14.0. The normalized spacial score (nSPS) is 17.2. The van der Waals surface area contributed by atoms with Crippen molar-refractivity contribution in [3.63, 3.8) is 0 Å². The Hall–Kier alpha value is -2.53. The van der Waals surface area contributed by atoms with Gasteiger partial charge in [0.15, 0.2) is 0 Å². The number of amides is 1. The van der Waals surface area contributed by atoms with E-state index in [2.05, 4.69) is 4.90 Å². The second kappa shape index (κ2) is 7.36. The van der Waals surface area contributed by atoms with Gasteiger partial charge in [0, 0.05) is 12.6 Å². The van der Waals surface area contributed by atoms with Gasteiger partial charge in [0.2, 0.25) is 0 Å². The van der Waals surface area contributed by atoms with Gasteiger partial charge in [0.05, 0.1) is 12.2 Å². The van der Waals surface area contributed by atoms with Gasteiger partial charge in [-0.05, 0) is 31.8 Å². The Balaban J connectivity index is 1.69. The summed E-state index contributed by atoms with van der Waals surface area (Å²) in [6, 6.07) is 17.4. The summed E-state index contributed by atoms with van der Waals surface area (Å²) in [6.07, 6.45) is -0.564. The van der Waals surface area contributed by atoms with Gasteiger partial charge in [-0.3, -0.25) is 4.90 Å². The summed E-state index contributed by atoms with van der Waals surface area (Å²) in [7, 11) is 4.01. The SMILES string of the molecule is CN(C)CCOc1cccc(N2CC(c3ccccc3)OC2=O)c1. The number of likely N-dealkylation sites (N-methyl/N-ethyl adjacent to an activating group) is 1. The molecule has 5 heteroatoms. The molecule has 0 aliphatic carbocycles. The van der Waals surface area contributed by atoms with E-state index in [0.717, 1.165) is 23.5 Å². The standard InChI is InChI=1S/C19H22N2O3/c1-20(2)11-12-23-17-10-6-9-16(13-17)21-14-18(24-19(21)22)15-7-4-3-5-8-15/h3-10,13,18H,11-12,14H2,1-2H3. The maximum absolute atomic E-state index is 12.2. The van der Waals surface area contributed by atoms with E-state index >= 15 is 0 Å². The van der Waals surface area contributed by atoms with Crippen molar-refractivity contribution in [1.29, 1.82) is 0 Å². The molecule has 0 bridgehead atoms. The van der Waals surface area contributed by atoms with E-state index in [1.807, 2.05) is 68.7 Å². The fourth-order valence-electron chi connectivity index (χ4n) is 2.60. The number of benzene rings is 2. The van der Waals surface area contributed by atoms with Crippen LogP contribution < -0.4 is 9.64 Å². The Kier molecular flexibility index (Phi) is 5.01. The van der Waals surface area contributed by atoms with Crippen LogP contribution in [0.1, 0.15) is 11.7 Å². The molecule has 1 amide bonds. The second-order valence-electron chi connectivity index (χ2n) is 6.04. The van der Waals surface area contributed by atoms with E-state index in [9.17, 15) is 4.79 Å². The van der Waals surface area contributed by atoms with E-state index in [-0.39, 0.29) is 12.2 Å². The summed E-state index contributed by atoms with van der Waals surface area (Å²) < 4.78 is 11.2. The van der Waals surface area contributed by atoms with Crippen molar-refractivity contribution < 1.29 is 14.3 Å². The van der Waals surface area contributed by atoms with E-state index in [4.69, 9.17) is 9.47 Å². The van der Waals surface area contributed by atoms with Crippen LogP contribution in [-0.4, -0.2) is 44.8 Å². The van der Waals surface area contributed by atoms with Crippen molar-refractivity contribution in [2.24, 2.45) is 0 Å². The zero-order chi connectivity index (χ0) is 16.9. The van der Waals surface area contributed by atoms with Gasteiger partial charge in [-0.15, -0.1) is 0 Å². The second-order valence-corrected chi connectivity index (χ2v) is 6.04. The fraction of sp³-hybridized carbons (Fsp3) is 0.316. The largest absolute Gasteiger partial charge is 0.492 e.